The first-order valence-corrected chi connectivity index (χ1v) is 21.5. The lowest BCUT2D eigenvalue weighted by atomic mass is 9.82. The Hall–Kier alpha value is -2.70. The van der Waals surface area contributed by atoms with E-state index in [1.54, 1.807) is 18.7 Å². The van der Waals surface area contributed by atoms with Crippen molar-refractivity contribution in [3.63, 3.8) is 0 Å². The van der Waals surface area contributed by atoms with Crippen LogP contribution in [0.1, 0.15) is 125 Å². The van der Waals surface area contributed by atoms with Crippen LogP contribution in [0.5, 0.6) is 0 Å². The lowest BCUT2D eigenvalue weighted by Crippen LogP contribution is -2.63. The van der Waals surface area contributed by atoms with Gasteiger partial charge in [0.2, 0.25) is 17.6 Å². The maximum atomic E-state index is 14.7. The van der Waals surface area contributed by atoms with Gasteiger partial charge >= 0.3 is 6.03 Å². The number of nitrogens with one attached hydrogen (secondary N) is 4. The lowest BCUT2D eigenvalue weighted by molar-refractivity contribution is -0.145. The first-order valence-electron chi connectivity index (χ1n) is 19.8. The van der Waals surface area contributed by atoms with Gasteiger partial charge in [-0.05, 0) is 93.8 Å². The van der Waals surface area contributed by atoms with Crippen LogP contribution in [-0.2, 0) is 29.0 Å². The molecule has 1 heterocycles. The Morgan fingerprint density at radius 1 is 0.882 bits per heavy atom. The van der Waals surface area contributed by atoms with Gasteiger partial charge in [0.05, 0.1) is 16.5 Å². The van der Waals surface area contributed by atoms with Gasteiger partial charge in [0.15, 0.2) is 9.84 Å². The van der Waals surface area contributed by atoms with Crippen LogP contribution in [0.3, 0.4) is 0 Å². The molecule has 5 amide bonds. The minimum atomic E-state index is -3.45. The van der Waals surface area contributed by atoms with Gasteiger partial charge in [-0.2, -0.15) is 0 Å². The van der Waals surface area contributed by atoms with Gasteiger partial charge in [-0.15, -0.1) is 0 Å². The average Bonchev–Trinajstić information content (AvgIpc) is 4.05. The molecule has 6 atom stereocenters. The van der Waals surface area contributed by atoms with Crippen molar-refractivity contribution in [1.29, 1.82) is 0 Å². The number of amides is 5. The molecule has 0 aromatic carbocycles. The van der Waals surface area contributed by atoms with Crippen LogP contribution < -0.4 is 21.3 Å². The molecule has 3 unspecified atom stereocenters. The Kier molecular flexibility index (Phi) is 10.6. The number of rotatable bonds is 14. The fourth-order valence-electron chi connectivity index (χ4n) is 9.79. The molecule has 286 valence electrons. The minimum absolute atomic E-state index is 0.0967. The van der Waals surface area contributed by atoms with Crippen molar-refractivity contribution in [2.45, 2.75) is 153 Å². The van der Waals surface area contributed by atoms with Gasteiger partial charge in [0.25, 0.3) is 5.91 Å². The fraction of sp³-hybridized carbons (Fsp3) is 0.868. The van der Waals surface area contributed by atoms with E-state index in [0.29, 0.717) is 44.7 Å². The van der Waals surface area contributed by atoms with E-state index in [9.17, 15) is 32.4 Å². The maximum absolute atomic E-state index is 14.7. The van der Waals surface area contributed by atoms with Gasteiger partial charge < -0.3 is 26.2 Å². The third kappa shape index (κ3) is 7.70. The van der Waals surface area contributed by atoms with Crippen molar-refractivity contribution in [1.82, 2.24) is 26.2 Å². The number of Topliss-reactive ketones (excluding diaryl/α,β-unsaturated/α-hetero) is 1. The summed E-state index contributed by atoms with van der Waals surface area (Å²) in [5, 5.41) is 11.3. The topological polar surface area (TPSA) is 171 Å². The predicted molar refractivity (Wildman–Crippen MR) is 193 cm³/mol. The molecule has 51 heavy (non-hydrogen) atoms. The summed E-state index contributed by atoms with van der Waals surface area (Å²) < 4.78 is 26.2. The van der Waals surface area contributed by atoms with Gasteiger partial charge in [-0.25, -0.2) is 13.2 Å². The smallest absolute Gasteiger partial charge is 0.315 e. The number of piperidine rings is 1. The van der Waals surface area contributed by atoms with Crippen LogP contribution >= 0.6 is 0 Å². The number of ketones is 1. The van der Waals surface area contributed by atoms with Crippen molar-refractivity contribution < 1.29 is 32.4 Å². The van der Waals surface area contributed by atoms with Crippen molar-refractivity contribution >= 4 is 39.4 Å². The zero-order valence-corrected chi connectivity index (χ0v) is 32.2. The number of carbonyl (C=O) groups excluding carboxylic acids is 5. The normalized spacial score (nSPS) is 31.6. The van der Waals surface area contributed by atoms with E-state index >= 15 is 0 Å². The van der Waals surface area contributed by atoms with Gasteiger partial charge in [0, 0.05) is 13.1 Å². The van der Waals surface area contributed by atoms with Gasteiger partial charge in [0.1, 0.15) is 17.6 Å². The molecule has 0 aromatic rings. The third-order valence-electron chi connectivity index (χ3n) is 13.6. The molecule has 0 aromatic heterocycles. The summed E-state index contributed by atoms with van der Waals surface area (Å²) >= 11 is 0. The molecule has 13 heteroatoms. The van der Waals surface area contributed by atoms with Crippen LogP contribution in [0.2, 0.25) is 0 Å². The van der Waals surface area contributed by atoms with Crippen molar-refractivity contribution in [2.75, 3.05) is 18.8 Å². The third-order valence-corrected chi connectivity index (χ3v) is 16.0. The Labute approximate surface area is 304 Å². The number of likely N-dealkylation sites (tertiary alicyclic amines) is 1. The Morgan fingerprint density at radius 2 is 1.53 bits per heavy atom. The monoisotopic (exact) mass is 731 g/mol. The highest BCUT2D eigenvalue weighted by molar-refractivity contribution is 7.92. The van der Waals surface area contributed by atoms with Gasteiger partial charge in [-0.3, -0.25) is 19.2 Å². The standard InChI is InChI=1S/C38H61N5O7S/c1-6-26-19-38(26,31(44)33(46)39-20-24-15-16-24)41-32(45)30-28-27(36(28,4)5)21-43(30)34(47)29(25-13-9-7-10-14-25)40-35(48)42-37(17-11-8-12-18-37)22-51(49,50)23(2)3/h23-30H,6-22H2,1-5H3,(H,39,46)(H,41,45)(H2,40,42,48)/t26-,27?,28?,29+,30-,38?/m0/s1. The second kappa shape index (κ2) is 14.3. The molecular formula is C38H61N5O7S. The van der Waals surface area contributed by atoms with Crippen LogP contribution in [-0.4, -0.2) is 90.1 Å². The zero-order valence-electron chi connectivity index (χ0n) is 31.4. The summed E-state index contributed by atoms with van der Waals surface area (Å²) in [7, 11) is -3.45. The Balaban J connectivity index is 1.21. The molecule has 12 nitrogen and oxygen atoms in total. The Morgan fingerprint density at radius 3 is 2.12 bits per heavy atom. The number of urea groups is 1. The molecule has 6 fully saturated rings. The van der Waals surface area contributed by atoms with E-state index in [-0.39, 0.29) is 40.7 Å². The molecule has 4 N–H and O–H groups in total. The van der Waals surface area contributed by atoms with E-state index in [2.05, 4.69) is 35.1 Å². The quantitative estimate of drug-likeness (QED) is 0.198. The van der Waals surface area contributed by atoms with Crippen molar-refractivity contribution in [2.24, 2.45) is 35.0 Å². The summed E-state index contributed by atoms with van der Waals surface area (Å²) in [5.41, 5.74) is -2.35. The summed E-state index contributed by atoms with van der Waals surface area (Å²) in [6.07, 6.45) is 11.3. The Bertz CT molecular complexity index is 1500. The SMILES string of the molecule is CC[C@H]1CC1(NC(=O)[C@@H]1C2C(CN1C(=O)[C@H](NC(=O)NC1(CS(=O)(=O)C(C)C)CCCCC1)C1CCCCC1)C2(C)C)C(=O)C(=O)NCC1CC1. The van der Waals surface area contributed by atoms with Crippen LogP contribution in [0.4, 0.5) is 4.79 Å². The molecule has 6 rings (SSSR count). The number of nitrogens with zero attached hydrogens (tertiary/aromatic N) is 1. The molecule has 0 radical (unpaired) electrons. The number of hydrogen-bond acceptors (Lipinski definition) is 7. The largest absolute Gasteiger partial charge is 0.349 e. The lowest BCUT2D eigenvalue weighted by Gasteiger charge is -2.40. The summed E-state index contributed by atoms with van der Waals surface area (Å²) in [6, 6.07) is -2.25. The second-order valence-corrected chi connectivity index (χ2v) is 20.4. The molecule has 1 saturated heterocycles. The van der Waals surface area contributed by atoms with Crippen LogP contribution in [0.15, 0.2) is 0 Å². The van der Waals surface area contributed by atoms with Crippen molar-refractivity contribution in [3.05, 3.63) is 0 Å². The van der Waals surface area contributed by atoms with E-state index in [4.69, 9.17) is 0 Å². The maximum Gasteiger partial charge on any atom is 0.315 e. The minimum Gasteiger partial charge on any atom is -0.349 e. The predicted octanol–water partition coefficient (Wildman–Crippen LogP) is 3.62. The highest BCUT2D eigenvalue weighted by Crippen LogP contribution is 2.65. The zero-order chi connectivity index (χ0) is 36.9. The molecule has 1 aliphatic heterocycles. The first kappa shape index (κ1) is 38.0. The summed E-state index contributed by atoms with van der Waals surface area (Å²) in [6.45, 7) is 10.3. The molecule has 5 saturated carbocycles. The van der Waals surface area contributed by atoms with E-state index in [0.717, 1.165) is 64.2 Å². The molecular weight excluding hydrogens is 671 g/mol. The second-order valence-electron chi connectivity index (χ2n) is 17.8. The molecule has 5 aliphatic carbocycles. The fourth-order valence-corrected chi connectivity index (χ4v) is 11.3. The van der Waals surface area contributed by atoms with Crippen molar-refractivity contribution in [3.8, 4) is 0 Å². The summed E-state index contributed by atoms with van der Waals surface area (Å²) in [4.78, 5) is 71.2. The number of fused-ring (bicyclic) bond motifs is 1. The van der Waals surface area contributed by atoms with E-state index < -0.39 is 61.9 Å². The van der Waals surface area contributed by atoms with E-state index in [1.165, 1.54) is 0 Å². The number of carbonyl (C=O) groups is 5. The first-order chi connectivity index (χ1) is 24.0. The molecule has 0 spiro atoms. The van der Waals surface area contributed by atoms with Gasteiger partial charge in [-0.1, -0.05) is 65.7 Å². The van der Waals surface area contributed by atoms with Crippen LogP contribution in [0.25, 0.3) is 0 Å². The van der Waals surface area contributed by atoms with Crippen LogP contribution in [0, 0.1) is 35.0 Å². The highest BCUT2D eigenvalue weighted by Gasteiger charge is 2.71. The molecule has 0 bridgehead atoms. The van der Waals surface area contributed by atoms with E-state index in [1.807, 2.05) is 6.92 Å². The molecule has 6 aliphatic rings. The average molecular weight is 732 g/mol. The number of hydrogen-bond donors (Lipinski definition) is 4. The number of sulfone groups is 1. The summed E-state index contributed by atoms with van der Waals surface area (Å²) in [5.74, 6) is -2.00. The highest BCUT2D eigenvalue weighted by atomic mass is 32.2.